The summed E-state index contributed by atoms with van der Waals surface area (Å²) < 4.78 is 16.9. The van der Waals surface area contributed by atoms with Crippen molar-refractivity contribution in [2.24, 2.45) is 0 Å². The zero-order valence-electron chi connectivity index (χ0n) is 10.4. The van der Waals surface area contributed by atoms with Crippen molar-refractivity contribution in [3.05, 3.63) is 18.0 Å². The Kier molecular flexibility index (Phi) is 7.00. The summed E-state index contributed by atoms with van der Waals surface area (Å²) in [5, 5.41) is 12.5. The minimum absolute atomic E-state index is 0.0397. The highest BCUT2D eigenvalue weighted by molar-refractivity contribution is 5.84. The second-order valence-electron chi connectivity index (χ2n) is 3.49. The normalized spacial score (nSPS) is 10.7. The van der Waals surface area contributed by atoms with E-state index in [0.29, 0.717) is 39.6 Å². The first-order valence-electron chi connectivity index (χ1n) is 5.65. The third-order valence-electron chi connectivity index (χ3n) is 2.13. The average molecular weight is 258 g/mol. The number of carbonyl (C=O) groups is 1. The summed E-state index contributed by atoms with van der Waals surface area (Å²) in [6, 6.07) is 1.45. The van der Waals surface area contributed by atoms with Crippen LogP contribution < -0.4 is 0 Å². The van der Waals surface area contributed by atoms with Crippen LogP contribution in [-0.4, -0.2) is 61.0 Å². The van der Waals surface area contributed by atoms with Gasteiger partial charge in [0, 0.05) is 13.3 Å². The fourth-order valence-corrected chi connectivity index (χ4v) is 1.22. The van der Waals surface area contributed by atoms with Gasteiger partial charge in [0.25, 0.3) is 0 Å². The van der Waals surface area contributed by atoms with Gasteiger partial charge >= 0.3 is 5.97 Å². The van der Waals surface area contributed by atoms with E-state index >= 15 is 0 Å². The van der Waals surface area contributed by atoms with Crippen LogP contribution in [0.3, 0.4) is 0 Å². The standard InChI is InChI=1S/C11H18N2O5/c1-16-6-7-18-9-8-17-5-4-13-3-2-10(12-13)11(14)15/h2-3H,4-9H2,1H3,(H,14,15). The van der Waals surface area contributed by atoms with E-state index in [4.69, 9.17) is 19.3 Å². The Hall–Kier alpha value is -1.44. The summed E-state index contributed by atoms with van der Waals surface area (Å²) in [5.74, 6) is -1.03. The lowest BCUT2D eigenvalue weighted by molar-refractivity contribution is 0.0225. The maximum absolute atomic E-state index is 10.6. The lowest BCUT2D eigenvalue weighted by Crippen LogP contribution is -2.12. The minimum atomic E-state index is -1.03. The van der Waals surface area contributed by atoms with Crippen molar-refractivity contribution in [1.29, 1.82) is 0 Å². The predicted molar refractivity (Wildman–Crippen MR) is 62.7 cm³/mol. The maximum Gasteiger partial charge on any atom is 0.356 e. The largest absolute Gasteiger partial charge is 0.476 e. The predicted octanol–water partition coefficient (Wildman–Crippen LogP) is 0.261. The molecule has 0 fully saturated rings. The third kappa shape index (κ3) is 5.76. The number of nitrogens with zero attached hydrogens (tertiary/aromatic N) is 2. The summed E-state index contributed by atoms with van der Waals surface area (Å²) in [5.41, 5.74) is 0.0397. The molecule has 102 valence electrons. The summed E-state index contributed by atoms with van der Waals surface area (Å²) in [6.45, 7) is 3.13. The van der Waals surface area contributed by atoms with E-state index < -0.39 is 5.97 Å². The number of hydrogen-bond acceptors (Lipinski definition) is 5. The van der Waals surface area contributed by atoms with Crippen molar-refractivity contribution < 1.29 is 24.1 Å². The summed E-state index contributed by atoms with van der Waals surface area (Å²) in [6.07, 6.45) is 1.61. The second-order valence-corrected chi connectivity index (χ2v) is 3.49. The fourth-order valence-electron chi connectivity index (χ4n) is 1.22. The number of ether oxygens (including phenoxy) is 3. The topological polar surface area (TPSA) is 82.8 Å². The van der Waals surface area contributed by atoms with Gasteiger partial charge in [0.15, 0.2) is 5.69 Å². The molecule has 18 heavy (non-hydrogen) atoms. The van der Waals surface area contributed by atoms with Crippen LogP contribution in [0.1, 0.15) is 10.5 Å². The summed E-state index contributed by atoms with van der Waals surface area (Å²) in [7, 11) is 1.62. The highest BCUT2D eigenvalue weighted by Gasteiger charge is 2.05. The number of carboxylic acid groups (broad SMARTS) is 1. The van der Waals surface area contributed by atoms with Gasteiger partial charge in [-0.15, -0.1) is 0 Å². The van der Waals surface area contributed by atoms with Gasteiger partial charge in [-0.3, -0.25) is 4.68 Å². The van der Waals surface area contributed by atoms with Crippen LogP contribution in [0.25, 0.3) is 0 Å². The van der Waals surface area contributed by atoms with Gasteiger partial charge in [-0.1, -0.05) is 0 Å². The van der Waals surface area contributed by atoms with Crippen molar-refractivity contribution in [1.82, 2.24) is 9.78 Å². The molecular weight excluding hydrogens is 240 g/mol. The molecule has 7 heteroatoms. The van der Waals surface area contributed by atoms with E-state index in [1.807, 2.05) is 0 Å². The number of aromatic carboxylic acids is 1. The molecule has 1 aromatic rings. The van der Waals surface area contributed by atoms with Crippen LogP contribution in [0.4, 0.5) is 0 Å². The van der Waals surface area contributed by atoms with Crippen LogP contribution in [0, 0.1) is 0 Å². The van der Waals surface area contributed by atoms with E-state index in [0.717, 1.165) is 0 Å². The van der Waals surface area contributed by atoms with Crippen LogP contribution >= 0.6 is 0 Å². The molecule has 1 aromatic heterocycles. The van der Waals surface area contributed by atoms with Crippen LogP contribution in [0.5, 0.6) is 0 Å². The lowest BCUT2D eigenvalue weighted by atomic mass is 10.5. The molecular formula is C11H18N2O5. The Balaban J connectivity index is 2.02. The van der Waals surface area contributed by atoms with Crippen molar-refractivity contribution in [2.45, 2.75) is 6.54 Å². The fraction of sp³-hybridized carbons (Fsp3) is 0.636. The molecule has 0 bridgehead atoms. The zero-order chi connectivity index (χ0) is 13.2. The molecule has 0 saturated heterocycles. The molecule has 0 aromatic carbocycles. The number of hydrogen-bond donors (Lipinski definition) is 1. The van der Waals surface area contributed by atoms with Gasteiger partial charge in [0.1, 0.15) is 0 Å². The van der Waals surface area contributed by atoms with Gasteiger partial charge in [-0.05, 0) is 6.07 Å². The van der Waals surface area contributed by atoms with Crippen LogP contribution in [0.15, 0.2) is 12.3 Å². The minimum Gasteiger partial charge on any atom is -0.476 e. The Bertz CT molecular complexity index is 353. The highest BCUT2D eigenvalue weighted by atomic mass is 16.5. The first kappa shape index (κ1) is 14.6. The molecule has 0 radical (unpaired) electrons. The van der Waals surface area contributed by atoms with E-state index in [9.17, 15) is 4.79 Å². The molecule has 0 unspecified atom stereocenters. The molecule has 1 heterocycles. The molecule has 7 nitrogen and oxygen atoms in total. The number of carboxylic acids is 1. The van der Waals surface area contributed by atoms with E-state index in [1.54, 1.807) is 13.3 Å². The van der Waals surface area contributed by atoms with E-state index in [-0.39, 0.29) is 5.69 Å². The smallest absolute Gasteiger partial charge is 0.356 e. The third-order valence-corrected chi connectivity index (χ3v) is 2.13. The van der Waals surface area contributed by atoms with Crippen LogP contribution in [-0.2, 0) is 20.8 Å². The molecule has 1 N–H and O–H groups in total. The van der Waals surface area contributed by atoms with Gasteiger partial charge in [0.2, 0.25) is 0 Å². The van der Waals surface area contributed by atoms with Gasteiger partial charge in [0.05, 0.1) is 39.6 Å². The SMILES string of the molecule is COCCOCCOCCn1ccc(C(=O)O)n1. The first-order chi connectivity index (χ1) is 8.74. The second kappa shape index (κ2) is 8.62. The number of methoxy groups -OCH3 is 1. The van der Waals surface area contributed by atoms with Crippen molar-refractivity contribution in [2.75, 3.05) is 40.1 Å². The molecule has 0 spiro atoms. The van der Waals surface area contributed by atoms with Crippen LogP contribution in [0.2, 0.25) is 0 Å². The lowest BCUT2D eigenvalue weighted by Gasteiger charge is -2.05. The molecule has 0 amide bonds. The summed E-state index contributed by atoms with van der Waals surface area (Å²) in [4.78, 5) is 10.6. The molecule has 0 aliphatic rings. The Morgan fingerprint density at radius 2 is 1.94 bits per heavy atom. The van der Waals surface area contributed by atoms with Gasteiger partial charge in [-0.25, -0.2) is 4.79 Å². The number of rotatable bonds is 10. The average Bonchev–Trinajstić information content (AvgIpc) is 2.81. The quantitative estimate of drug-likeness (QED) is 0.606. The van der Waals surface area contributed by atoms with E-state index in [2.05, 4.69) is 5.10 Å². The van der Waals surface area contributed by atoms with Gasteiger partial charge in [-0.2, -0.15) is 5.10 Å². The molecule has 0 saturated carbocycles. The summed E-state index contributed by atoms with van der Waals surface area (Å²) >= 11 is 0. The molecule has 1 rings (SSSR count). The van der Waals surface area contributed by atoms with Crippen molar-refractivity contribution >= 4 is 5.97 Å². The molecule has 0 atom stereocenters. The number of aromatic nitrogens is 2. The zero-order valence-corrected chi connectivity index (χ0v) is 10.4. The molecule has 0 aliphatic heterocycles. The first-order valence-corrected chi connectivity index (χ1v) is 5.65. The Morgan fingerprint density at radius 3 is 2.56 bits per heavy atom. The highest BCUT2D eigenvalue weighted by Crippen LogP contribution is 1.95. The monoisotopic (exact) mass is 258 g/mol. The maximum atomic E-state index is 10.6. The van der Waals surface area contributed by atoms with E-state index in [1.165, 1.54) is 10.7 Å². The Morgan fingerprint density at radius 1 is 1.28 bits per heavy atom. The van der Waals surface area contributed by atoms with Crippen molar-refractivity contribution in [3.8, 4) is 0 Å². The molecule has 0 aliphatic carbocycles. The van der Waals surface area contributed by atoms with Gasteiger partial charge < -0.3 is 19.3 Å². The van der Waals surface area contributed by atoms with Crippen molar-refractivity contribution in [3.63, 3.8) is 0 Å². The Labute approximate surface area is 105 Å².